The average molecular weight is 254 g/mol. The van der Waals surface area contributed by atoms with E-state index in [0.717, 1.165) is 4.90 Å². The molecule has 0 spiro atoms. The van der Waals surface area contributed by atoms with Gasteiger partial charge in [0.15, 0.2) is 0 Å². The van der Waals surface area contributed by atoms with Crippen molar-refractivity contribution >= 4 is 17.8 Å². The van der Waals surface area contributed by atoms with Crippen molar-refractivity contribution < 1.29 is 24.0 Å². The van der Waals surface area contributed by atoms with Gasteiger partial charge in [0.05, 0.1) is 0 Å². The van der Waals surface area contributed by atoms with Crippen LogP contribution < -0.4 is 5.32 Å². The second-order valence-electron chi connectivity index (χ2n) is 3.73. The van der Waals surface area contributed by atoms with Gasteiger partial charge >= 0.3 is 5.97 Å². The van der Waals surface area contributed by atoms with Crippen LogP contribution in [-0.2, 0) is 9.59 Å². The SMILES string of the molecule is Cc1nc(C(=O)N2CC(=O)NCC2C(=O)O)no1. The lowest BCUT2D eigenvalue weighted by molar-refractivity contribution is -0.144. The minimum Gasteiger partial charge on any atom is -0.480 e. The van der Waals surface area contributed by atoms with Crippen LogP contribution >= 0.6 is 0 Å². The van der Waals surface area contributed by atoms with E-state index in [0.29, 0.717) is 0 Å². The molecule has 1 aliphatic rings. The van der Waals surface area contributed by atoms with Gasteiger partial charge in [0.25, 0.3) is 11.7 Å². The fourth-order valence-electron chi connectivity index (χ4n) is 1.59. The number of carbonyl (C=O) groups is 3. The van der Waals surface area contributed by atoms with Crippen LogP contribution in [0, 0.1) is 6.92 Å². The predicted octanol–water partition coefficient (Wildman–Crippen LogP) is -1.60. The number of aromatic nitrogens is 2. The molecule has 2 heterocycles. The van der Waals surface area contributed by atoms with E-state index < -0.39 is 23.8 Å². The molecule has 0 aliphatic carbocycles. The first kappa shape index (κ1) is 12.0. The number of hydrogen-bond donors (Lipinski definition) is 2. The molecule has 1 unspecified atom stereocenters. The van der Waals surface area contributed by atoms with Crippen LogP contribution in [-0.4, -0.2) is 57.1 Å². The zero-order valence-electron chi connectivity index (χ0n) is 9.41. The van der Waals surface area contributed by atoms with Gasteiger partial charge in [0.1, 0.15) is 12.6 Å². The molecule has 2 rings (SSSR count). The largest absolute Gasteiger partial charge is 0.480 e. The van der Waals surface area contributed by atoms with Crippen LogP contribution in [0.15, 0.2) is 4.52 Å². The number of hydrogen-bond acceptors (Lipinski definition) is 6. The highest BCUT2D eigenvalue weighted by molar-refractivity contribution is 5.97. The van der Waals surface area contributed by atoms with Gasteiger partial charge in [-0.3, -0.25) is 9.59 Å². The lowest BCUT2D eigenvalue weighted by atomic mass is 10.2. The number of aliphatic carboxylic acids is 1. The molecule has 1 fully saturated rings. The molecule has 1 aromatic rings. The minimum absolute atomic E-state index is 0.142. The zero-order valence-corrected chi connectivity index (χ0v) is 9.41. The number of piperazine rings is 1. The van der Waals surface area contributed by atoms with E-state index >= 15 is 0 Å². The van der Waals surface area contributed by atoms with Crippen molar-refractivity contribution in [3.63, 3.8) is 0 Å². The molecule has 1 aliphatic heterocycles. The predicted molar refractivity (Wildman–Crippen MR) is 54.5 cm³/mol. The van der Waals surface area contributed by atoms with Gasteiger partial charge in [0.2, 0.25) is 11.8 Å². The highest BCUT2D eigenvalue weighted by atomic mass is 16.5. The summed E-state index contributed by atoms with van der Waals surface area (Å²) in [5.74, 6) is -2.45. The Hall–Kier alpha value is -2.45. The molecule has 0 saturated carbocycles. The lowest BCUT2D eigenvalue weighted by Gasteiger charge is -2.31. The van der Waals surface area contributed by atoms with E-state index in [1.54, 1.807) is 0 Å². The molecule has 0 radical (unpaired) electrons. The normalized spacial score (nSPS) is 19.5. The van der Waals surface area contributed by atoms with E-state index in [1.807, 2.05) is 0 Å². The Labute approximate surface area is 101 Å². The zero-order chi connectivity index (χ0) is 13.3. The summed E-state index contributed by atoms with van der Waals surface area (Å²) >= 11 is 0. The van der Waals surface area contributed by atoms with Crippen molar-refractivity contribution in [1.82, 2.24) is 20.4 Å². The molecule has 2 amide bonds. The molecule has 1 atom stereocenters. The molecule has 18 heavy (non-hydrogen) atoms. The summed E-state index contributed by atoms with van der Waals surface area (Å²) in [5.41, 5.74) is 0. The maximum atomic E-state index is 12.0. The highest BCUT2D eigenvalue weighted by Crippen LogP contribution is 2.09. The Balaban J connectivity index is 2.25. The van der Waals surface area contributed by atoms with Crippen LogP contribution in [0.1, 0.15) is 16.5 Å². The van der Waals surface area contributed by atoms with E-state index in [4.69, 9.17) is 5.11 Å². The minimum atomic E-state index is -1.21. The maximum Gasteiger partial charge on any atom is 0.328 e. The monoisotopic (exact) mass is 254 g/mol. The van der Waals surface area contributed by atoms with Crippen LogP contribution in [0.25, 0.3) is 0 Å². The van der Waals surface area contributed by atoms with Crippen molar-refractivity contribution in [2.45, 2.75) is 13.0 Å². The van der Waals surface area contributed by atoms with E-state index in [9.17, 15) is 14.4 Å². The summed E-state index contributed by atoms with van der Waals surface area (Å²) in [6, 6.07) is -1.13. The van der Waals surface area contributed by atoms with Gasteiger partial charge in [-0.05, 0) is 0 Å². The molecule has 1 saturated heterocycles. The summed E-state index contributed by atoms with van der Waals surface area (Å²) in [6.45, 7) is 1.02. The number of carboxylic acid groups (broad SMARTS) is 1. The summed E-state index contributed by atoms with van der Waals surface area (Å²) in [6.07, 6.45) is 0. The maximum absolute atomic E-state index is 12.0. The first-order valence-corrected chi connectivity index (χ1v) is 5.10. The molecule has 2 N–H and O–H groups in total. The van der Waals surface area contributed by atoms with Crippen LogP contribution in [0.2, 0.25) is 0 Å². The number of carboxylic acids is 1. The van der Waals surface area contributed by atoms with Gasteiger partial charge in [-0.1, -0.05) is 5.16 Å². The van der Waals surface area contributed by atoms with Gasteiger partial charge in [-0.25, -0.2) is 4.79 Å². The Morgan fingerprint density at radius 3 is 2.83 bits per heavy atom. The molecule has 9 nitrogen and oxygen atoms in total. The summed E-state index contributed by atoms with van der Waals surface area (Å²) < 4.78 is 4.64. The quantitative estimate of drug-likeness (QED) is 0.651. The van der Waals surface area contributed by atoms with Crippen molar-refractivity contribution in [3.8, 4) is 0 Å². The average Bonchev–Trinajstić information content (AvgIpc) is 2.74. The van der Waals surface area contributed by atoms with Crippen molar-refractivity contribution in [3.05, 3.63) is 11.7 Å². The van der Waals surface area contributed by atoms with Crippen molar-refractivity contribution in [2.24, 2.45) is 0 Å². The van der Waals surface area contributed by atoms with Crippen LogP contribution in [0.5, 0.6) is 0 Å². The fourth-order valence-corrected chi connectivity index (χ4v) is 1.59. The summed E-state index contributed by atoms with van der Waals surface area (Å²) in [7, 11) is 0. The molecular weight excluding hydrogens is 244 g/mol. The van der Waals surface area contributed by atoms with E-state index in [1.165, 1.54) is 6.92 Å². The molecule has 9 heteroatoms. The number of aryl methyl sites for hydroxylation is 1. The third kappa shape index (κ3) is 2.14. The third-order valence-electron chi connectivity index (χ3n) is 2.45. The second-order valence-corrected chi connectivity index (χ2v) is 3.73. The van der Waals surface area contributed by atoms with Crippen LogP contribution in [0.4, 0.5) is 0 Å². The number of amides is 2. The number of nitrogens with one attached hydrogen (secondary N) is 1. The first-order valence-electron chi connectivity index (χ1n) is 5.10. The van der Waals surface area contributed by atoms with Gasteiger partial charge in [0, 0.05) is 13.5 Å². The lowest BCUT2D eigenvalue weighted by Crippen LogP contribution is -2.59. The Kier molecular flexibility index (Phi) is 2.96. The molecule has 0 bridgehead atoms. The highest BCUT2D eigenvalue weighted by Gasteiger charge is 2.37. The van der Waals surface area contributed by atoms with E-state index in [2.05, 4.69) is 20.0 Å². The topological polar surface area (TPSA) is 126 Å². The van der Waals surface area contributed by atoms with Crippen molar-refractivity contribution in [1.29, 1.82) is 0 Å². The molecular formula is C9H10N4O5. The number of rotatable bonds is 2. The Bertz CT molecular complexity index is 511. The second kappa shape index (κ2) is 4.43. The Morgan fingerprint density at radius 2 is 2.28 bits per heavy atom. The number of carbonyl (C=O) groups excluding carboxylic acids is 2. The standard InChI is InChI=1S/C9H10N4O5/c1-4-11-7(12-18-4)8(15)13-3-6(14)10-2-5(13)9(16)17/h5H,2-3H2,1H3,(H,10,14)(H,16,17). The van der Waals surface area contributed by atoms with E-state index in [-0.39, 0.29) is 24.8 Å². The summed E-state index contributed by atoms with van der Waals surface area (Å²) in [4.78, 5) is 38.8. The first-order chi connectivity index (χ1) is 8.49. The fraction of sp³-hybridized carbons (Fsp3) is 0.444. The third-order valence-corrected chi connectivity index (χ3v) is 2.45. The van der Waals surface area contributed by atoms with Crippen LogP contribution in [0.3, 0.4) is 0 Å². The molecule has 1 aromatic heterocycles. The van der Waals surface area contributed by atoms with Crippen molar-refractivity contribution in [2.75, 3.05) is 13.1 Å². The van der Waals surface area contributed by atoms with Gasteiger partial charge in [-0.15, -0.1) is 0 Å². The van der Waals surface area contributed by atoms with Gasteiger partial charge in [-0.2, -0.15) is 4.98 Å². The molecule has 0 aromatic carbocycles. The molecule has 96 valence electrons. The summed E-state index contributed by atoms with van der Waals surface area (Å²) in [5, 5.41) is 14.8. The smallest absolute Gasteiger partial charge is 0.328 e. The number of nitrogens with zero attached hydrogens (tertiary/aromatic N) is 3. The van der Waals surface area contributed by atoms with Gasteiger partial charge < -0.3 is 19.8 Å². The Morgan fingerprint density at radius 1 is 1.56 bits per heavy atom.